The second-order valence-electron chi connectivity index (χ2n) is 6.88. The average Bonchev–Trinajstić information content (AvgIpc) is 2.53. The van der Waals surface area contributed by atoms with E-state index in [0.29, 0.717) is 24.0 Å². The van der Waals surface area contributed by atoms with Crippen molar-refractivity contribution in [2.75, 3.05) is 13.1 Å². The highest BCUT2D eigenvalue weighted by atomic mass is 35.5. The summed E-state index contributed by atoms with van der Waals surface area (Å²) in [6.07, 6.45) is 2.07. The number of benzene rings is 1. The fourth-order valence-electron chi connectivity index (χ4n) is 3.10. The molecular formula is C17H23ClN4O2. The number of aromatic nitrogens is 2. The highest BCUT2D eigenvalue weighted by Crippen LogP contribution is 2.27. The molecular weight excluding hydrogens is 328 g/mol. The van der Waals surface area contributed by atoms with Crippen LogP contribution in [0.1, 0.15) is 20.3 Å². The molecule has 24 heavy (non-hydrogen) atoms. The molecule has 2 aromatic rings. The van der Waals surface area contributed by atoms with Gasteiger partial charge in [-0.05, 0) is 24.0 Å². The molecule has 1 atom stereocenters. The predicted octanol–water partition coefficient (Wildman–Crippen LogP) is 1.40. The Kier molecular flexibility index (Phi) is 5.30. The first-order chi connectivity index (χ1) is 10.9. The monoisotopic (exact) mass is 350 g/mol. The summed E-state index contributed by atoms with van der Waals surface area (Å²) in [5.41, 5.74) is 6.59. The third kappa shape index (κ3) is 3.44. The molecule has 1 aliphatic rings. The molecule has 0 radical (unpaired) electrons. The Morgan fingerprint density at radius 3 is 2.79 bits per heavy atom. The van der Waals surface area contributed by atoms with Gasteiger partial charge >= 0.3 is 0 Å². The van der Waals surface area contributed by atoms with E-state index in [4.69, 9.17) is 5.73 Å². The lowest BCUT2D eigenvalue weighted by atomic mass is 9.79. The van der Waals surface area contributed by atoms with E-state index in [9.17, 15) is 9.59 Å². The Bertz CT molecular complexity index is 803. The van der Waals surface area contributed by atoms with E-state index in [2.05, 4.69) is 18.9 Å². The molecule has 1 amide bonds. The van der Waals surface area contributed by atoms with Crippen molar-refractivity contribution in [2.45, 2.75) is 32.9 Å². The van der Waals surface area contributed by atoms with Crippen molar-refractivity contribution in [3.63, 3.8) is 0 Å². The SMILES string of the molecule is CC1(C)CN(C(=O)Cn2ncc(=O)c3ccccc32)CCC1N.Cl. The van der Waals surface area contributed by atoms with Crippen molar-refractivity contribution in [3.8, 4) is 0 Å². The Balaban J connectivity index is 0.00000208. The summed E-state index contributed by atoms with van der Waals surface area (Å²) in [6, 6.07) is 7.33. The van der Waals surface area contributed by atoms with Crippen LogP contribution in [0.2, 0.25) is 0 Å². The molecule has 1 saturated heterocycles. The number of hydrogen-bond acceptors (Lipinski definition) is 4. The summed E-state index contributed by atoms with van der Waals surface area (Å²) in [5, 5.41) is 4.70. The first-order valence-electron chi connectivity index (χ1n) is 7.87. The van der Waals surface area contributed by atoms with E-state index in [-0.39, 0.29) is 41.7 Å². The van der Waals surface area contributed by atoms with Gasteiger partial charge < -0.3 is 10.6 Å². The summed E-state index contributed by atoms with van der Waals surface area (Å²) in [4.78, 5) is 26.3. The molecule has 1 aromatic carbocycles. The number of rotatable bonds is 2. The van der Waals surface area contributed by atoms with Gasteiger partial charge in [0.15, 0.2) is 0 Å². The molecule has 1 fully saturated rings. The third-order valence-corrected chi connectivity index (χ3v) is 4.71. The predicted molar refractivity (Wildman–Crippen MR) is 96.2 cm³/mol. The molecule has 0 spiro atoms. The first kappa shape index (κ1) is 18.4. The van der Waals surface area contributed by atoms with E-state index in [1.54, 1.807) is 10.7 Å². The number of hydrogen-bond donors (Lipinski definition) is 1. The van der Waals surface area contributed by atoms with Crippen molar-refractivity contribution in [1.29, 1.82) is 0 Å². The number of carbonyl (C=O) groups excluding carboxylic acids is 1. The molecule has 1 unspecified atom stereocenters. The van der Waals surface area contributed by atoms with Crippen LogP contribution in [0.15, 0.2) is 35.3 Å². The van der Waals surface area contributed by atoms with Crippen molar-refractivity contribution in [2.24, 2.45) is 11.1 Å². The van der Waals surface area contributed by atoms with E-state index in [0.717, 1.165) is 6.42 Å². The first-order valence-corrected chi connectivity index (χ1v) is 7.87. The van der Waals surface area contributed by atoms with E-state index >= 15 is 0 Å². The largest absolute Gasteiger partial charge is 0.340 e. The molecule has 1 aliphatic heterocycles. The van der Waals surface area contributed by atoms with E-state index in [1.165, 1.54) is 6.20 Å². The van der Waals surface area contributed by atoms with Crippen molar-refractivity contribution < 1.29 is 4.79 Å². The van der Waals surface area contributed by atoms with E-state index in [1.807, 2.05) is 23.1 Å². The van der Waals surface area contributed by atoms with Crippen LogP contribution in [0.25, 0.3) is 10.9 Å². The standard InChI is InChI=1S/C17H22N4O2.ClH/c1-17(2)11-20(8-7-15(17)18)16(23)10-21-13-6-4-3-5-12(13)14(22)9-19-21;/h3-6,9,15H,7-8,10-11,18H2,1-2H3;1H. The van der Waals surface area contributed by atoms with Gasteiger partial charge in [0.05, 0.1) is 11.7 Å². The minimum Gasteiger partial charge on any atom is -0.340 e. The summed E-state index contributed by atoms with van der Waals surface area (Å²) < 4.78 is 1.60. The number of amides is 1. The normalized spacial score (nSPS) is 19.8. The zero-order valence-corrected chi connectivity index (χ0v) is 14.8. The Labute approximate surface area is 147 Å². The number of nitrogens with zero attached hydrogens (tertiary/aromatic N) is 3. The number of likely N-dealkylation sites (tertiary alicyclic amines) is 1. The molecule has 1 aromatic heterocycles. The number of nitrogens with two attached hydrogens (primary N) is 1. The summed E-state index contributed by atoms with van der Waals surface area (Å²) in [5.74, 6) is 0.00581. The molecule has 0 bridgehead atoms. The second-order valence-corrected chi connectivity index (χ2v) is 6.88. The Morgan fingerprint density at radius 2 is 2.08 bits per heavy atom. The van der Waals surface area contributed by atoms with Gasteiger partial charge in [0.25, 0.3) is 0 Å². The molecule has 2 N–H and O–H groups in total. The van der Waals surface area contributed by atoms with Crippen LogP contribution >= 0.6 is 12.4 Å². The fraction of sp³-hybridized carbons (Fsp3) is 0.471. The van der Waals surface area contributed by atoms with Crippen LogP contribution in [-0.2, 0) is 11.3 Å². The van der Waals surface area contributed by atoms with Gasteiger partial charge in [-0.15, -0.1) is 12.4 Å². The van der Waals surface area contributed by atoms with Crippen LogP contribution in [0.3, 0.4) is 0 Å². The second kappa shape index (κ2) is 6.91. The highest BCUT2D eigenvalue weighted by molar-refractivity contribution is 5.85. The summed E-state index contributed by atoms with van der Waals surface area (Å²) >= 11 is 0. The van der Waals surface area contributed by atoms with Crippen molar-refractivity contribution in [1.82, 2.24) is 14.7 Å². The number of halogens is 1. The smallest absolute Gasteiger partial charge is 0.244 e. The van der Waals surface area contributed by atoms with Crippen LogP contribution in [-0.4, -0.2) is 39.7 Å². The van der Waals surface area contributed by atoms with E-state index < -0.39 is 0 Å². The quantitative estimate of drug-likeness (QED) is 0.887. The molecule has 0 aliphatic carbocycles. The molecule has 6 nitrogen and oxygen atoms in total. The zero-order valence-electron chi connectivity index (χ0n) is 13.9. The van der Waals surface area contributed by atoms with Crippen LogP contribution in [0, 0.1) is 5.41 Å². The molecule has 0 saturated carbocycles. The number of para-hydroxylation sites is 1. The van der Waals surface area contributed by atoms with Crippen LogP contribution in [0.5, 0.6) is 0 Å². The number of fused-ring (bicyclic) bond motifs is 1. The molecule has 3 rings (SSSR count). The lowest BCUT2D eigenvalue weighted by Gasteiger charge is -2.42. The lowest BCUT2D eigenvalue weighted by molar-refractivity contribution is -0.135. The van der Waals surface area contributed by atoms with Gasteiger partial charge in [-0.2, -0.15) is 5.10 Å². The fourth-order valence-corrected chi connectivity index (χ4v) is 3.10. The zero-order chi connectivity index (χ0) is 16.6. The van der Waals surface area contributed by atoms with Gasteiger partial charge in [-0.1, -0.05) is 26.0 Å². The summed E-state index contributed by atoms with van der Waals surface area (Å²) in [6.45, 7) is 5.62. The van der Waals surface area contributed by atoms with Crippen molar-refractivity contribution >= 4 is 29.2 Å². The minimum absolute atomic E-state index is 0. The van der Waals surface area contributed by atoms with Crippen LogP contribution in [0.4, 0.5) is 0 Å². The van der Waals surface area contributed by atoms with Gasteiger partial charge in [0.2, 0.25) is 11.3 Å². The lowest BCUT2D eigenvalue weighted by Crippen LogP contribution is -2.54. The van der Waals surface area contributed by atoms with Gasteiger partial charge in [0.1, 0.15) is 6.54 Å². The molecule has 7 heteroatoms. The van der Waals surface area contributed by atoms with Crippen LogP contribution < -0.4 is 11.2 Å². The Hall–Kier alpha value is -1.92. The maximum absolute atomic E-state index is 12.6. The van der Waals surface area contributed by atoms with Gasteiger partial charge in [-0.25, -0.2) is 0 Å². The van der Waals surface area contributed by atoms with Crippen molar-refractivity contribution in [3.05, 3.63) is 40.7 Å². The third-order valence-electron chi connectivity index (χ3n) is 4.71. The van der Waals surface area contributed by atoms with Gasteiger partial charge in [-0.3, -0.25) is 14.3 Å². The molecule has 130 valence electrons. The maximum atomic E-state index is 12.6. The number of piperidine rings is 1. The summed E-state index contributed by atoms with van der Waals surface area (Å²) in [7, 11) is 0. The minimum atomic E-state index is -0.130. The number of carbonyl (C=O) groups is 1. The molecule has 2 heterocycles. The highest BCUT2D eigenvalue weighted by Gasteiger charge is 2.35. The Morgan fingerprint density at radius 1 is 1.38 bits per heavy atom. The average molecular weight is 351 g/mol. The maximum Gasteiger partial charge on any atom is 0.244 e. The topological polar surface area (TPSA) is 81.2 Å². The van der Waals surface area contributed by atoms with Gasteiger partial charge in [0, 0.05) is 24.5 Å².